The number of hydrogen-bond donors (Lipinski definition) is 4. The van der Waals surface area contributed by atoms with Gasteiger partial charge in [-0.3, -0.25) is 9.11 Å². The molecule has 0 fully saturated rings. The summed E-state index contributed by atoms with van der Waals surface area (Å²) in [6, 6.07) is 14.4. The molecule has 0 saturated carbocycles. The van der Waals surface area contributed by atoms with Crippen molar-refractivity contribution in [2.45, 2.75) is 9.79 Å². The second kappa shape index (κ2) is 23.3. The Kier molecular flexibility index (Phi) is 20.8. The largest absolute Gasteiger partial charge is 1.00 e. The number of hydrogen-bond acceptors (Lipinski definition) is 18. The fourth-order valence-electron chi connectivity index (χ4n) is 5.62. The number of ether oxygens (including phenoxy) is 2. The zero-order chi connectivity index (χ0) is 43.8. The van der Waals surface area contributed by atoms with E-state index in [9.17, 15) is 56.0 Å². The number of nitrogens with two attached hydrogens (primary N) is 2. The maximum Gasteiger partial charge on any atom is 1.00 e. The fraction of sp³-hybridized carbons (Fsp3) is 0.0556. The Bertz CT molecular complexity index is 2910. The maximum absolute atomic E-state index is 13.4. The Hall–Kier alpha value is -2.82. The Morgan fingerprint density at radius 3 is 1.22 bits per heavy atom. The second-order valence-electron chi connectivity index (χ2n) is 12.3. The summed E-state index contributed by atoms with van der Waals surface area (Å²) >= 11 is 12.4. The van der Waals surface area contributed by atoms with E-state index in [0.717, 1.165) is 12.1 Å². The molecule has 0 aliphatic heterocycles. The number of halogens is 2. The van der Waals surface area contributed by atoms with E-state index in [1.165, 1.54) is 60.7 Å². The van der Waals surface area contributed by atoms with Crippen molar-refractivity contribution >= 4 is 111 Å². The summed E-state index contributed by atoms with van der Waals surface area (Å²) in [6.45, 7) is -2.07. The van der Waals surface area contributed by atoms with Gasteiger partial charge in [0.2, 0.25) is 0 Å². The molecule has 0 aliphatic rings. The minimum absolute atomic E-state index is 0. The van der Waals surface area contributed by atoms with Crippen LogP contribution in [0.15, 0.2) is 103 Å². The van der Waals surface area contributed by atoms with Crippen molar-refractivity contribution < 1.29 is 184 Å². The molecule has 0 aliphatic carbocycles. The molecule has 0 heterocycles. The molecule has 64 heavy (non-hydrogen) atoms. The van der Waals surface area contributed by atoms with Crippen molar-refractivity contribution in [1.29, 1.82) is 0 Å². The molecule has 6 aromatic carbocycles. The Labute approximate surface area is 460 Å². The van der Waals surface area contributed by atoms with Gasteiger partial charge in [-0.2, -0.15) is 16.8 Å². The van der Waals surface area contributed by atoms with Gasteiger partial charge in [-0.15, -0.1) is 20.5 Å². The number of benzene rings is 6. The molecule has 0 saturated heterocycles. The SMILES string of the molecule is Nc1ccc2c([O-])c(N=Nc3ccc(-c4ccc(N=Nc5c(S(=O)(=O)O)cc6c(Cl)c(N)ccc6c5[O-])c(OCC(=O)[O-])c4)cc3OCC(=O)[O-])c(S(=O)(=O)O)cc2c1Cl.[Na+].[Na+].[Na+].[Na+]. The van der Waals surface area contributed by atoms with E-state index < -0.39 is 78.1 Å². The predicted molar refractivity (Wildman–Crippen MR) is 206 cm³/mol. The number of carboxylic acid groups (broad SMARTS) is 2. The molecule has 20 nitrogen and oxygen atoms in total. The molecule has 0 atom stereocenters. The van der Waals surface area contributed by atoms with E-state index >= 15 is 0 Å². The molecule has 28 heteroatoms. The summed E-state index contributed by atoms with van der Waals surface area (Å²) in [5.41, 5.74) is 9.76. The Balaban J connectivity index is 0.00000352. The smallest absolute Gasteiger partial charge is 0.871 e. The van der Waals surface area contributed by atoms with Gasteiger partial charge in [0.1, 0.15) is 45.9 Å². The van der Waals surface area contributed by atoms with Gasteiger partial charge in [0.25, 0.3) is 20.2 Å². The van der Waals surface area contributed by atoms with Gasteiger partial charge in [-0.05, 0) is 70.4 Å². The van der Waals surface area contributed by atoms with Crippen LogP contribution in [-0.4, -0.2) is 51.1 Å². The van der Waals surface area contributed by atoms with Crippen LogP contribution in [-0.2, 0) is 29.8 Å². The van der Waals surface area contributed by atoms with E-state index in [1.54, 1.807) is 0 Å². The van der Waals surface area contributed by atoms with Crippen LogP contribution in [0, 0.1) is 0 Å². The van der Waals surface area contributed by atoms with Gasteiger partial charge in [0.15, 0.2) is 0 Å². The third-order valence-corrected chi connectivity index (χ3v) is 10.9. The molecule has 6 N–H and O–H groups in total. The number of carboxylic acids is 2. The summed E-state index contributed by atoms with van der Waals surface area (Å²) in [6.07, 6.45) is 0. The standard InChI is InChI=1S/C36H26Cl2N6O14S2.4Na/c37-31-19-11-27(59(51,52)53)33(35(49)17(19)3-5-21(31)39)43-41-23-7-1-15(9-25(23)57-13-29(45)46)16-2-8-24(26(10-16)58-14-30(47)48)42-44-34-28(60(54,55)56)12-20-18(36(34)50)4-6-22(40)32(20)38;;;;/h1-12,49-50H,13-14,39-40H2,(H,45,46)(H,47,48)(H,51,52,53)(H,54,55,56);;;;/q;4*+1/p-4. The molecule has 0 unspecified atom stereocenters. The number of carbonyl (C=O) groups excluding carboxylic acids is 2. The average molecular weight is 990 g/mol. The number of azo groups is 2. The van der Waals surface area contributed by atoms with E-state index in [-0.39, 0.29) is 195 Å². The van der Waals surface area contributed by atoms with Gasteiger partial charge in [0, 0.05) is 10.8 Å². The number of fused-ring (bicyclic) bond motifs is 2. The number of rotatable bonds is 13. The first-order valence-electron chi connectivity index (χ1n) is 16.3. The van der Waals surface area contributed by atoms with Crippen molar-refractivity contribution in [1.82, 2.24) is 0 Å². The van der Waals surface area contributed by atoms with Crippen LogP contribution in [0.5, 0.6) is 23.0 Å². The molecule has 0 radical (unpaired) electrons. The molecule has 0 spiro atoms. The number of carbonyl (C=O) groups is 2. The van der Waals surface area contributed by atoms with Crippen molar-refractivity contribution in [3.05, 3.63) is 82.8 Å². The van der Waals surface area contributed by atoms with Gasteiger partial charge >= 0.3 is 118 Å². The van der Waals surface area contributed by atoms with Crippen LogP contribution < -0.4 is 160 Å². The normalized spacial score (nSPS) is 11.4. The maximum atomic E-state index is 13.4. The number of nitrogens with zero attached hydrogens (tertiary/aromatic N) is 4. The Morgan fingerprint density at radius 1 is 0.562 bits per heavy atom. The summed E-state index contributed by atoms with van der Waals surface area (Å²) in [4.78, 5) is 20.7. The molecule has 6 aromatic rings. The van der Waals surface area contributed by atoms with Crippen LogP contribution >= 0.6 is 23.2 Å². The Morgan fingerprint density at radius 2 is 0.906 bits per heavy atom. The average Bonchev–Trinajstić information content (AvgIpc) is 3.17. The van der Waals surface area contributed by atoms with Crippen molar-refractivity contribution in [2.75, 3.05) is 24.7 Å². The molecule has 6 rings (SSSR count). The van der Waals surface area contributed by atoms with Gasteiger partial charge < -0.3 is 51.0 Å². The zero-order valence-corrected chi connectivity index (χ0v) is 44.8. The van der Waals surface area contributed by atoms with Crippen LogP contribution in [0.25, 0.3) is 32.7 Å². The second-order valence-corrected chi connectivity index (χ2v) is 15.8. The molecule has 0 amide bonds. The first kappa shape index (κ1) is 57.3. The predicted octanol–water partition coefficient (Wildman–Crippen LogP) is -8.12. The van der Waals surface area contributed by atoms with Crippen LogP contribution in [0.3, 0.4) is 0 Å². The van der Waals surface area contributed by atoms with E-state index in [2.05, 4.69) is 20.5 Å². The van der Waals surface area contributed by atoms with Crippen LogP contribution in [0.1, 0.15) is 0 Å². The summed E-state index contributed by atoms with van der Waals surface area (Å²) in [7, 11) is -10.2. The number of nitrogen functional groups attached to an aromatic ring is 2. The molecule has 310 valence electrons. The quantitative estimate of drug-likeness (QED) is 0.0361. The first-order chi connectivity index (χ1) is 28.1. The number of anilines is 2. The van der Waals surface area contributed by atoms with Crippen molar-refractivity contribution in [3.8, 4) is 34.1 Å². The number of aliphatic carboxylic acids is 2. The molecule has 0 bridgehead atoms. The van der Waals surface area contributed by atoms with Crippen molar-refractivity contribution in [3.63, 3.8) is 0 Å². The van der Waals surface area contributed by atoms with Gasteiger partial charge in [0.05, 0.1) is 44.7 Å². The van der Waals surface area contributed by atoms with Crippen molar-refractivity contribution in [2.24, 2.45) is 20.5 Å². The van der Waals surface area contributed by atoms with E-state index in [0.29, 0.717) is 0 Å². The molecular formula is C36H22Cl2N6Na4O14S2. The molecule has 0 aromatic heterocycles. The summed E-state index contributed by atoms with van der Waals surface area (Å²) in [5.74, 6) is -6.02. The van der Waals surface area contributed by atoms with Gasteiger partial charge in [-0.1, -0.05) is 59.0 Å². The first-order valence-corrected chi connectivity index (χ1v) is 19.9. The third-order valence-electron chi connectivity index (χ3n) is 8.37. The van der Waals surface area contributed by atoms with Crippen LogP contribution in [0.2, 0.25) is 10.0 Å². The zero-order valence-electron chi connectivity index (χ0n) is 33.7. The minimum Gasteiger partial charge on any atom is -0.871 e. The van der Waals surface area contributed by atoms with E-state index in [1.807, 2.05) is 0 Å². The third kappa shape index (κ3) is 12.8. The minimum atomic E-state index is -5.12. The summed E-state index contributed by atoms with van der Waals surface area (Å²) < 4.78 is 79.8. The summed E-state index contributed by atoms with van der Waals surface area (Å²) in [5, 5.41) is 64.0. The fourth-order valence-corrected chi connectivity index (χ4v) is 7.35. The molecular weight excluding hydrogens is 967 g/mol. The van der Waals surface area contributed by atoms with E-state index in [4.69, 9.17) is 44.1 Å². The topological polar surface area (TPSA) is 355 Å². The van der Waals surface area contributed by atoms with Gasteiger partial charge in [-0.25, -0.2) is 0 Å². The monoisotopic (exact) mass is 988 g/mol. The van der Waals surface area contributed by atoms with Crippen LogP contribution in [0.4, 0.5) is 34.1 Å².